The van der Waals surface area contributed by atoms with E-state index >= 15 is 0 Å². The number of piperazine rings is 1. The fraction of sp³-hybridized carbons (Fsp3) is 0.333. The zero-order valence-corrected chi connectivity index (χ0v) is 9.73. The minimum Gasteiger partial charge on any atom is -0.329 e. The van der Waals surface area contributed by atoms with Crippen LogP contribution in [0.15, 0.2) is 24.3 Å². The fourth-order valence-corrected chi connectivity index (χ4v) is 2.10. The predicted molar refractivity (Wildman–Crippen MR) is 62.9 cm³/mol. The van der Waals surface area contributed by atoms with Crippen LogP contribution in [-0.4, -0.2) is 36.3 Å². The molecule has 1 aromatic carbocycles. The van der Waals surface area contributed by atoms with Gasteiger partial charge in [0.15, 0.2) is 0 Å². The third kappa shape index (κ3) is 2.55. The number of carbonyl (C=O) groups excluding carboxylic acids is 2. The van der Waals surface area contributed by atoms with Gasteiger partial charge >= 0.3 is 0 Å². The van der Waals surface area contributed by atoms with Crippen molar-refractivity contribution in [2.24, 2.45) is 5.73 Å². The first-order valence-corrected chi connectivity index (χ1v) is 5.63. The normalized spacial score (nSPS) is 18.6. The Balaban J connectivity index is 2.26. The van der Waals surface area contributed by atoms with Crippen LogP contribution in [0.3, 0.4) is 0 Å². The lowest BCUT2D eigenvalue weighted by molar-refractivity contribution is -0.137. The Morgan fingerprint density at radius 3 is 2.44 bits per heavy atom. The Bertz CT molecular complexity index is 462. The number of halogens is 1. The summed E-state index contributed by atoms with van der Waals surface area (Å²) in [7, 11) is 0. The highest BCUT2D eigenvalue weighted by molar-refractivity contribution is 5.99. The fourth-order valence-electron chi connectivity index (χ4n) is 2.10. The lowest BCUT2D eigenvalue weighted by Crippen LogP contribution is -2.53. The molecule has 0 aliphatic carbocycles. The van der Waals surface area contributed by atoms with Crippen LogP contribution in [0.5, 0.6) is 0 Å². The minimum absolute atomic E-state index is 0.0436. The zero-order valence-electron chi connectivity index (χ0n) is 9.73. The Morgan fingerprint density at radius 2 is 1.89 bits per heavy atom. The van der Waals surface area contributed by atoms with E-state index in [1.54, 1.807) is 23.1 Å². The molecule has 0 spiro atoms. The molecule has 5 nitrogen and oxygen atoms in total. The van der Waals surface area contributed by atoms with E-state index < -0.39 is 6.04 Å². The number of rotatable bonds is 3. The molecule has 3 N–H and O–H groups in total. The van der Waals surface area contributed by atoms with Gasteiger partial charge in [-0.3, -0.25) is 19.8 Å². The molecule has 1 aromatic rings. The van der Waals surface area contributed by atoms with Crippen molar-refractivity contribution in [2.45, 2.75) is 6.04 Å². The van der Waals surface area contributed by atoms with Crippen LogP contribution in [0.25, 0.3) is 0 Å². The first kappa shape index (κ1) is 12.7. The first-order valence-electron chi connectivity index (χ1n) is 5.63. The van der Waals surface area contributed by atoms with Gasteiger partial charge in [0.1, 0.15) is 5.82 Å². The molecule has 1 fully saturated rings. The molecule has 2 amide bonds. The molecule has 1 saturated heterocycles. The minimum atomic E-state index is -0.471. The third-order valence-corrected chi connectivity index (χ3v) is 2.90. The highest BCUT2D eigenvalue weighted by Crippen LogP contribution is 2.22. The van der Waals surface area contributed by atoms with Gasteiger partial charge in [-0.1, -0.05) is 18.2 Å². The molecular weight excluding hydrogens is 237 g/mol. The van der Waals surface area contributed by atoms with Crippen molar-refractivity contribution in [2.75, 3.05) is 19.6 Å². The molecule has 0 saturated carbocycles. The van der Waals surface area contributed by atoms with E-state index in [4.69, 9.17) is 5.73 Å². The third-order valence-electron chi connectivity index (χ3n) is 2.90. The van der Waals surface area contributed by atoms with Crippen molar-refractivity contribution in [1.29, 1.82) is 0 Å². The molecule has 6 heteroatoms. The molecule has 0 radical (unpaired) electrons. The van der Waals surface area contributed by atoms with Gasteiger partial charge in [0.05, 0.1) is 19.1 Å². The number of hydrogen-bond donors (Lipinski definition) is 2. The second-order valence-corrected chi connectivity index (χ2v) is 4.15. The molecular formula is C12H14FN3O2. The van der Waals surface area contributed by atoms with Gasteiger partial charge in [0.25, 0.3) is 0 Å². The summed E-state index contributed by atoms with van der Waals surface area (Å²) in [5.74, 6) is -1.16. The van der Waals surface area contributed by atoms with E-state index in [9.17, 15) is 14.0 Å². The molecule has 96 valence electrons. The van der Waals surface area contributed by atoms with Crippen molar-refractivity contribution >= 4 is 11.8 Å². The molecule has 0 aromatic heterocycles. The molecule has 0 bridgehead atoms. The number of nitrogens with zero attached hydrogens (tertiary/aromatic N) is 1. The molecule has 1 aliphatic heterocycles. The van der Waals surface area contributed by atoms with E-state index in [0.717, 1.165) is 0 Å². The van der Waals surface area contributed by atoms with Gasteiger partial charge in [-0.05, 0) is 6.07 Å². The zero-order chi connectivity index (χ0) is 13.1. The maximum atomic E-state index is 13.7. The molecule has 1 aliphatic rings. The maximum Gasteiger partial charge on any atom is 0.240 e. The summed E-state index contributed by atoms with van der Waals surface area (Å²) in [6.45, 7) is 0.228. The standard InChI is InChI=1S/C12H14FN3O2/c13-9-4-2-1-3-8(9)10(5-14)16-6-11(17)15-12(18)7-16/h1-4,10H,5-7,14H2,(H,15,17,18). The highest BCUT2D eigenvalue weighted by Gasteiger charge is 2.29. The van der Waals surface area contributed by atoms with Crippen molar-refractivity contribution in [3.05, 3.63) is 35.6 Å². The van der Waals surface area contributed by atoms with Gasteiger partial charge in [-0.25, -0.2) is 4.39 Å². The van der Waals surface area contributed by atoms with Gasteiger partial charge in [0.2, 0.25) is 11.8 Å². The van der Waals surface area contributed by atoms with Crippen LogP contribution in [0, 0.1) is 5.82 Å². The topological polar surface area (TPSA) is 75.4 Å². The smallest absolute Gasteiger partial charge is 0.240 e. The number of nitrogens with two attached hydrogens (primary N) is 1. The van der Waals surface area contributed by atoms with E-state index in [0.29, 0.717) is 5.56 Å². The average molecular weight is 251 g/mol. The summed E-state index contributed by atoms with van der Waals surface area (Å²) in [6.07, 6.45) is 0. The Labute approximate surface area is 104 Å². The number of amides is 2. The monoisotopic (exact) mass is 251 g/mol. The highest BCUT2D eigenvalue weighted by atomic mass is 19.1. The predicted octanol–water partition coefficient (Wildman–Crippen LogP) is -0.216. The van der Waals surface area contributed by atoms with E-state index in [1.807, 2.05) is 0 Å². The van der Waals surface area contributed by atoms with Crippen LogP contribution in [-0.2, 0) is 9.59 Å². The summed E-state index contributed by atoms with van der Waals surface area (Å²) in [6, 6.07) is 5.77. The second-order valence-electron chi connectivity index (χ2n) is 4.15. The lowest BCUT2D eigenvalue weighted by Gasteiger charge is -2.32. The summed E-state index contributed by atoms with van der Waals surface area (Å²) in [5.41, 5.74) is 6.05. The number of imide groups is 1. The summed E-state index contributed by atoms with van der Waals surface area (Å²) in [4.78, 5) is 24.2. The first-order chi connectivity index (χ1) is 8.61. The van der Waals surface area contributed by atoms with Crippen molar-refractivity contribution < 1.29 is 14.0 Å². The van der Waals surface area contributed by atoms with Gasteiger partial charge in [-0.2, -0.15) is 0 Å². The quantitative estimate of drug-likeness (QED) is 0.728. The average Bonchev–Trinajstić information content (AvgIpc) is 2.31. The van der Waals surface area contributed by atoms with Gasteiger partial charge in [-0.15, -0.1) is 0 Å². The van der Waals surface area contributed by atoms with Crippen molar-refractivity contribution in [3.8, 4) is 0 Å². The molecule has 1 unspecified atom stereocenters. The molecule has 1 atom stereocenters. The lowest BCUT2D eigenvalue weighted by atomic mass is 10.0. The van der Waals surface area contributed by atoms with Crippen LogP contribution < -0.4 is 11.1 Å². The summed E-state index contributed by atoms with van der Waals surface area (Å²) >= 11 is 0. The SMILES string of the molecule is NCC(c1ccccc1F)N1CC(=O)NC(=O)C1. The van der Waals surface area contributed by atoms with Crippen LogP contribution in [0.2, 0.25) is 0 Å². The Kier molecular flexibility index (Phi) is 3.69. The summed E-state index contributed by atoms with van der Waals surface area (Å²) in [5, 5.41) is 2.20. The number of nitrogens with one attached hydrogen (secondary N) is 1. The van der Waals surface area contributed by atoms with Crippen LogP contribution in [0.1, 0.15) is 11.6 Å². The maximum absolute atomic E-state index is 13.7. The molecule has 18 heavy (non-hydrogen) atoms. The van der Waals surface area contributed by atoms with Gasteiger partial charge in [0, 0.05) is 12.1 Å². The van der Waals surface area contributed by atoms with E-state index in [2.05, 4.69) is 5.32 Å². The van der Waals surface area contributed by atoms with Crippen molar-refractivity contribution in [3.63, 3.8) is 0 Å². The van der Waals surface area contributed by atoms with Gasteiger partial charge < -0.3 is 5.73 Å². The van der Waals surface area contributed by atoms with Crippen molar-refractivity contribution in [1.82, 2.24) is 10.2 Å². The largest absolute Gasteiger partial charge is 0.329 e. The van der Waals surface area contributed by atoms with Crippen LogP contribution >= 0.6 is 0 Å². The van der Waals surface area contributed by atoms with Crippen LogP contribution in [0.4, 0.5) is 4.39 Å². The molecule has 1 heterocycles. The molecule has 2 rings (SSSR count). The number of benzene rings is 1. The number of hydrogen-bond acceptors (Lipinski definition) is 4. The Hall–Kier alpha value is -1.79. The summed E-state index contributed by atoms with van der Waals surface area (Å²) < 4.78 is 13.7. The number of carbonyl (C=O) groups is 2. The van der Waals surface area contributed by atoms with E-state index in [-0.39, 0.29) is 37.3 Å². The van der Waals surface area contributed by atoms with E-state index in [1.165, 1.54) is 6.07 Å². The Morgan fingerprint density at radius 1 is 1.28 bits per heavy atom. The second kappa shape index (κ2) is 5.24.